The lowest BCUT2D eigenvalue weighted by atomic mass is 10.2. The van der Waals surface area contributed by atoms with E-state index in [9.17, 15) is 4.79 Å². The molecule has 3 heterocycles. The fourth-order valence-corrected chi connectivity index (χ4v) is 3.30. The van der Waals surface area contributed by atoms with Crippen LogP contribution in [0.15, 0.2) is 46.2 Å². The van der Waals surface area contributed by atoms with E-state index in [0.29, 0.717) is 10.9 Å². The van der Waals surface area contributed by atoms with Crippen LogP contribution in [0.2, 0.25) is 0 Å². The van der Waals surface area contributed by atoms with Gasteiger partial charge in [-0.25, -0.2) is 9.97 Å². The zero-order chi connectivity index (χ0) is 17.9. The van der Waals surface area contributed by atoms with Crippen molar-refractivity contribution < 1.29 is 9.52 Å². The van der Waals surface area contributed by atoms with Crippen molar-refractivity contribution in [1.29, 1.82) is 0 Å². The first kappa shape index (κ1) is 16.7. The molecule has 1 N–H and O–H groups in total. The van der Waals surface area contributed by atoms with E-state index in [1.807, 2.05) is 18.2 Å². The molecular weight excluding hydrogens is 334 g/mol. The van der Waals surface area contributed by atoms with E-state index in [-0.39, 0.29) is 18.7 Å². The monoisotopic (exact) mass is 355 g/mol. The van der Waals surface area contributed by atoms with Crippen molar-refractivity contribution in [2.24, 2.45) is 0 Å². The van der Waals surface area contributed by atoms with E-state index >= 15 is 0 Å². The number of aliphatic hydroxyl groups excluding tert-OH is 1. The van der Waals surface area contributed by atoms with E-state index in [1.54, 1.807) is 12.5 Å². The van der Waals surface area contributed by atoms with E-state index in [4.69, 9.17) is 9.52 Å². The maximum Gasteiger partial charge on any atom is 0.261 e. The minimum atomic E-state index is -0.119. The van der Waals surface area contributed by atoms with Crippen molar-refractivity contribution in [2.45, 2.75) is 13.1 Å². The summed E-state index contributed by atoms with van der Waals surface area (Å²) >= 11 is 0. The van der Waals surface area contributed by atoms with Gasteiger partial charge >= 0.3 is 0 Å². The SMILES string of the molecule is O=c1c2ccc(N3CCN(Cc4ncco4)CC3)cc2ncn1CCO. The molecular formula is C18H21N5O3. The molecule has 8 nitrogen and oxygen atoms in total. The number of benzene rings is 1. The van der Waals surface area contributed by atoms with Crippen LogP contribution in [0.25, 0.3) is 10.9 Å². The molecule has 0 unspecified atom stereocenters. The molecule has 1 aromatic carbocycles. The third-order valence-corrected chi connectivity index (χ3v) is 4.73. The summed E-state index contributed by atoms with van der Waals surface area (Å²) in [4.78, 5) is 25.5. The summed E-state index contributed by atoms with van der Waals surface area (Å²) in [7, 11) is 0. The summed E-state index contributed by atoms with van der Waals surface area (Å²) in [5.74, 6) is 0.743. The summed E-state index contributed by atoms with van der Waals surface area (Å²) in [6, 6.07) is 5.76. The smallest absolute Gasteiger partial charge is 0.261 e. The van der Waals surface area contributed by atoms with Gasteiger partial charge in [0.2, 0.25) is 5.89 Å². The van der Waals surface area contributed by atoms with E-state index in [2.05, 4.69) is 19.8 Å². The van der Waals surface area contributed by atoms with Gasteiger partial charge in [0, 0.05) is 31.9 Å². The Kier molecular flexibility index (Phi) is 4.68. The predicted octanol–water partition coefficient (Wildman–Crippen LogP) is 0.699. The second kappa shape index (κ2) is 7.27. The van der Waals surface area contributed by atoms with Crippen molar-refractivity contribution in [3.05, 3.63) is 53.2 Å². The molecule has 0 amide bonds. The summed E-state index contributed by atoms with van der Waals surface area (Å²) in [6.45, 7) is 4.54. The Morgan fingerprint density at radius 1 is 1.15 bits per heavy atom. The molecule has 0 radical (unpaired) electrons. The maximum atomic E-state index is 12.4. The summed E-state index contributed by atoms with van der Waals surface area (Å²) in [5.41, 5.74) is 1.63. The molecule has 3 aromatic rings. The number of nitrogens with zero attached hydrogens (tertiary/aromatic N) is 5. The highest BCUT2D eigenvalue weighted by molar-refractivity contribution is 5.81. The highest BCUT2D eigenvalue weighted by Crippen LogP contribution is 2.21. The van der Waals surface area contributed by atoms with Gasteiger partial charge in [0.15, 0.2) is 0 Å². The van der Waals surface area contributed by atoms with E-state index in [0.717, 1.165) is 44.3 Å². The predicted molar refractivity (Wildman–Crippen MR) is 97.1 cm³/mol. The molecule has 1 aliphatic rings. The third kappa shape index (κ3) is 3.33. The van der Waals surface area contributed by atoms with Crippen LogP contribution < -0.4 is 10.5 Å². The Balaban J connectivity index is 1.47. The molecule has 0 aliphatic carbocycles. The minimum absolute atomic E-state index is 0.0804. The highest BCUT2D eigenvalue weighted by atomic mass is 16.3. The highest BCUT2D eigenvalue weighted by Gasteiger charge is 2.19. The van der Waals surface area contributed by atoms with Crippen molar-refractivity contribution in [1.82, 2.24) is 19.4 Å². The number of aliphatic hydroxyl groups is 1. The standard InChI is InChI=1S/C18H21N5O3/c24-9-8-23-13-20-16-11-14(1-2-15(16)18(23)25)22-6-4-21(5-7-22)12-17-19-3-10-26-17/h1-3,10-11,13,24H,4-9,12H2. The van der Waals surface area contributed by atoms with Crippen LogP contribution in [-0.2, 0) is 13.1 Å². The van der Waals surface area contributed by atoms with Gasteiger partial charge in [0.1, 0.15) is 6.26 Å². The summed E-state index contributed by atoms with van der Waals surface area (Å²) in [6.07, 6.45) is 4.77. The lowest BCUT2D eigenvalue weighted by molar-refractivity contribution is 0.226. The third-order valence-electron chi connectivity index (χ3n) is 4.73. The fourth-order valence-electron chi connectivity index (χ4n) is 3.30. The quantitative estimate of drug-likeness (QED) is 0.721. The zero-order valence-electron chi connectivity index (χ0n) is 14.4. The molecule has 26 heavy (non-hydrogen) atoms. The van der Waals surface area contributed by atoms with Crippen molar-refractivity contribution in [3.8, 4) is 0 Å². The first-order chi connectivity index (χ1) is 12.7. The number of hydrogen-bond donors (Lipinski definition) is 1. The average Bonchev–Trinajstić information content (AvgIpc) is 3.18. The van der Waals surface area contributed by atoms with Gasteiger partial charge in [-0.15, -0.1) is 0 Å². The Labute approximate surface area is 150 Å². The topological polar surface area (TPSA) is 87.6 Å². The largest absolute Gasteiger partial charge is 0.448 e. The Morgan fingerprint density at radius 2 is 2.00 bits per heavy atom. The number of aromatic nitrogens is 3. The van der Waals surface area contributed by atoms with E-state index in [1.165, 1.54) is 10.9 Å². The summed E-state index contributed by atoms with van der Waals surface area (Å²) < 4.78 is 6.75. The molecule has 1 aliphatic heterocycles. The van der Waals surface area contributed by atoms with Gasteiger partial charge in [-0.1, -0.05) is 0 Å². The molecule has 0 spiro atoms. The minimum Gasteiger partial charge on any atom is -0.448 e. The average molecular weight is 355 g/mol. The number of piperazine rings is 1. The maximum absolute atomic E-state index is 12.4. The fraction of sp³-hybridized carbons (Fsp3) is 0.389. The van der Waals surface area contributed by atoms with E-state index < -0.39 is 0 Å². The molecule has 1 fully saturated rings. The normalized spacial score (nSPS) is 15.7. The zero-order valence-corrected chi connectivity index (χ0v) is 14.4. The van der Waals surface area contributed by atoms with Crippen molar-refractivity contribution in [2.75, 3.05) is 37.7 Å². The van der Waals surface area contributed by atoms with Crippen molar-refractivity contribution in [3.63, 3.8) is 0 Å². The van der Waals surface area contributed by atoms with Crippen LogP contribution in [0.3, 0.4) is 0 Å². The number of rotatable bonds is 5. The molecule has 8 heteroatoms. The number of fused-ring (bicyclic) bond motifs is 1. The van der Waals surface area contributed by atoms with Crippen LogP contribution in [0.4, 0.5) is 5.69 Å². The molecule has 0 saturated carbocycles. The second-order valence-corrected chi connectivity index (χ2v) is 6.36. The van der Waals surface area contributed by atoms with Crippen LogP contribution >= 0.6 is 0 Å². The van der Waals surface area contributed by atoms with Gasteiger partial charge in [-0.3, -0.25) is 14.3 Å². The van der Waals surface area contributed by atoms with Gasteiger partial charge in [0.25, 0.3) is 5.56 Å². The lowest BCUT2D eigenvalue weighted by Crippen LogP contribution is -2.46. The number of anilines is 1. The van der Waals surface area contributed by atoms with Gasteiger partial charge in [-0.05, 0) is 18.2 Å². The Morgan fingerprint density at radius 3 is 2.73 bits per heavy atom. The Bertz CT molecular complexity index is 930. The molecule has 4 rings (SSSR count). The number of oxazole rings is 1. The van der Waals surface area contributed by atoms with Gasteiger partial charge in [-0.2, -0.15) is 0 Å². The first-order valence-electron chi connectivity index (χ1n) is 8.70. The second-order valence-electron chi connectivity index (χ2n) is 6.36. The lowest BCUT2D eigenvalue weighted by Gasteiger charge is -2.35. The van der Waals surface area contributed by atoms with Crippen molar-refractivity contribution >= 4 is 16.6 Å². The van der Waals surface area contributed by atoms with Gasteiger partial charge in [0.05, 0.1) is 43.1 Å². The molecule has 136 valence electrons. The first-order valence-corrected chi connectivity index (χ1v) is 8.70. The molecule has 1 saturated heterocycles. The van der Waals surface area contributed by atoms with Crippen LogP contribution in [0, 0.1) is 0 Å². The van der Waals surface area contributed by atoms with Crippen LogP contribution in [0.5, 0.6) is 0 Å². The molecule has 2 aromatic heterocycles. The summed E-state index contributed by atoms with van der Waals surface area (Å²) in [5, 5.41) is 9.60. The molecule has 0 atom stereocenters. The number of hydrogen-bond acceptors (Lipinski definition) is 7. The molecule has 0 bridgehead atoms. The Hall–Kier alpha value is -2.71. The van der Waals surface area contributed by atoms with Crippen LogP contribution in [-0.4, -0.2) is 57.3 Å². The van der Waals surface area contributed by atoms with Gasteiger partial charge < -0.3 is 14.4 Å². The van der Waals surface area contributed by atoms with Crippen LogP contribution in [0.1, 0.15) is 5.89 Å².